The molecule has 1 aromatic rings. The van der Waals surface area contributed by atoms with Gasteiger partial charge in [0.1, 0.15) is 5.82 Å². The minimum absolute atomic E-state index is 0.00875. The van der Waals surface area contributed by atoms with Crippen LogP contribution in [0.2, 0.25) is 0 Å². The molecule has 16 heavy (non-hydrogen) atoms. The van der Waals surface area contributed by atoms with Crippen LogP contribution in [0.4, 0.5) is 5.82 Å². The topological polar surface area (TPSA) is 39.9 Å². The van der Waals surface area contributed by atoms with Crippen LogP contribution in [0.25, 0.3) is 0 Å². The largest absolute Gasteiger partial charge is 0.356 e. The third-order valence-electron chi connectivity index (χ3n) is 2.38. The number of rotatable bonds is 5. The summed E-state index contributed by atoms with van der Waals surface area (Å²) in [5.74, 6) is 1.39. The first-order chi connectivity index (χ1) is 7.71. The molecule has 0 aliphatic rings. The van der Waals surface area contributed by atoms with E-state index in [9.17, 15) is 0 Å². The molecule has 86 valence electrons. The summed E-state index contributed by atoms with van der Waals surface area (Å²) in [6.45, 7) is 5.52. The summed E-state index contributed by atoms with van der Waals surface area (Å²) in [6.07, 6.45) is 1.78. The predicted molar refractivity (Wildman–Crippen MR) is 66.5 cm³/mol. The Kier molecular flexibility index (Phi) is 5.07. The molecule has 0 aliphatic carbocycles. The van der Waals surface area contributed by atoms with Crippen LogP contribution < -0.4 is 4.90 Å². The van der Waals surface area contributed by atoms with Gasteiger partial charge in [-0.25, -0.2) is 4.98 Å². The fourth-order valence-corrected chi connectivity index (χ4v) is 1.60. The first-order valence-electron chi connectivity index (χ1n) is 5.36. The Hall–Kier alpha value is -1.27. The highest BCUT2D eigenvalue weighted by atomic mass is 35.5. The molecule has 1 rings (SSSR count). The zero-order chi connectivity index (χ0) is 12.0. The highest BCUT2D eigenvalue weighted by Gasteiger charge is 2.09. The van der Waals surface area contributed by atoms with E-state index in [1.54, 1.807) is 6.20 Å². The predicted octanol–water partition coefficient (Wildman–Crippen LogP) is 2.81. The zero-order valence-corrected chi connectivity index (χ0v) is 10.4. The fraction of sp³-hybridized carbons (Fsp3) is 0.500. The van der Waals surface area contributed by atoms with Gasteiger partial charge in [0.25, 0.3) is 0 Å². The Labute approximate surface area is 102 Å². The Balaban J connectivity index is 2.75. The van der Waals surface area contributed by atoms with Crippen molar-refractivity contribution >= 4 is 17.4 Å². The maximum absolute atomic E-state index is 8.79. The lowest BCUT2D eigenvalue weighted by Crippen LogP contribution is -2.28. The summed E-state index contributed by atoms with van der Waals surface area (Å²) in [5, 5.41) is 8.79. The van der Waals surface area contributed by atoms with E-state index in [0.717, 1.165) is 17.9 Å². The van der Waals surface area contributed by atoms with Crippen molar-refractivity contribution in [2.45, 2.75) is 19.7 Å². The molecule has 0 aliphatic heterocycles. The van der Waals surface area contributed by atoms with Crippen molar-refractivity contribution in [2.24, 2.45) is 5.92 Å². The number of halogens is 1. The van der Waals surface area contributed by atoms with Gasteiger partial charge in [0.2, 0.25) is 0 Å². The SMILES string of the molecule is CCN(CC(C)C#N)c1ccc(CCl)cn1. The first kappa shape index (κ1) is 12.8. The van der Waals surface area contributed by atoms with E-state index in [-0.39, 0.29) is 5.92 Å². The molecule has 0 N–H and O–H groups in total. The van der Waals surface area contributed by atoms with Crippen LogP contribution in [0.1, 0.15) is 19.4 Å². The van der Waals surface area contributed by atoms with Crippen LogP contribution in [-0.2, 0) is 5.88 Å². The average Bonchev–Trinajstić information content (AvgIpc) is 2.35. The minimum Gasteiger partial charge on any atom is -0.356 e. The van der Waals surface area contributed by atoms with Gasteiger partial charge in [0.15, 0.2) is 0 Å². The lowest BCUT2D eigenvalue weighted by Gasteiger charge is -2.22. The van der Waals surface area contributed by atoms with Gasteiger partial charge in [-0.05, 0) is 25.5 Å². The van der Waals surface area contributed by atoms with Crippen molar-refractivity contribution in [1.82, 2.24) is 4.98 Å². The highest BCUT2D eigenvalue weighted by molar-refractivity contribution is 6.17. The lowest BCUT2D eigenvalue weighted by atomic mass is 10.2. The summed E-state index contributed by atoms with van der Waals surface area (Å²) in [7, 11) is 0. The highest BCUT2D eigenvalue weighted by Crippen LogP contribution is 2.13. The Morgan fingerprint density at radius 1 is 1.56 bits per heavy atom. The van der Waals surface area contributed by atoms with Crippen molar-refractivity contribution in [3.63, 3.8) is 0 Å². The molecule has 1 unspecified atom stereocenters. The molecule has 0 radical (unpaired) electrons. The number of alkyl halides is 1. The number of hydrogen-bond donors (Lipinski definition) is 0. The molecule has 0 aromatic carbocycles. The van der Waals surface area contributed by atoms with Gasteiger partial charge >= 0.3 is 0 Å². The van der Waals surface area contributed by atoms with E-state index in [0.29, 0.717) is 12.4 Å². The molecule has 0 bridgehead atoms. The zero-order valence-electron chi connectivity index (χ0n) is 9.65. The Morgan fingerprint density at radius 2 is 2.31 bits per heavy atom. The van der Waals surface area contributed by atoms with Gasteiger partial charge in [0.05, 0.1) is 12.0 Å². The Bertz CT molecular complexity index is 356. The van der Waals surface area contributed by atoms with Gasteiger partial charge in [-0.15, -0.1) is 11.6 Å². The van der Waals surface area contributed by atoms with Crippen molar-refractivity contribution in [3.05, 3.63) is 23.9 Å². The van der Waals surface area contributed by atoms with E-state index in [1.165, 1.54) is 0 Å². The normalized spacial score (nSPS) is 11.9. The second-order valence-electron chi connectivity index (χ2n) is 3.73. The lowest BCUT2D eigenvalue weighted by molar-refractivity contribution is 0.679. The fourth-order valence-electron chi connectivity index (χ4n) is 1.44. The van der Waals surface area contributed by atoms with Crippen LogP contribution in [0.15, 0.2) is 18.3 Å². The molecule has 1 heterocycles. The van der Waals surface area contributed by atoms with Crippen molar-refractivity contribution in [2.75, 3.05) is 18.0 Å². The van der Waals surface area contributed by atoms with Crippen LogP contribution in [-0.4, -0.2) is 18.1 Å². The second kappa shape index (κ2) is 6.34. The van der Waals surface area contributed by atoms with Gasteiger partial charge in [-0.1, -0.05) is 6.07 Å². The van der Waals surface area contributed by atoms with E-state index >= 15 is 0 Å². The standard InChI is InChI=1S/C12H16ClN3/c1-3-16(9-10(2)7-14)12-5-4-11(6-13)8-15-12/h4-5,8,10H,3,6,9H2,1-2H3. The molecule has 1 aromatic heterocycles. The molecular formula is C12H16ClN3. The third kappa shape index (κ3) is 3.39. The quantitative estimate of drug-likeness (QED) is 0.740. The number of pyridine rings is 1. The number of aromatic nitrogens is 1. The second-order valence-corrected chi connectivity index (χ2v) is 3.99. The van der Waals surface area contributed by atoms with Crippen molar-refractivity contribution in [3.8, 4) is 6.07 Å². The number of anilines is 1. The van der Waals surface area contributed by atoms with Crippen LogP contribution in [0.3, 0.4) is 0 Å². The summed E-state index contributed by atoms with van der Waals surface area (Å²) < 4.78 is 0. The van der Waals surface area contributed by atoms with Crippen molar-refractivity contribution < 1.29 is 0 Å². The number of nitriles is 1. The van der Waals surface area contributed by atoms with Gasteiger partial charge in [-0.3, -0.25) is 0 Å². The molecule has 0 saturated heterocycles. The van der Waals surface area contributed by atoms with E-state index < -0.39 is 0 Å². The molecule has 0 spiro atoms. The molecule has 3 nitrogen and oxygen atoms in total. The molecule has 0 fully saturated rings. The summed E-state index contributed by atoms with van der Waals surface area (Å²) >= 11 is 5.70. The van der Waals surface area contributed by atoms with Crippen LogP contribution in [0, 0.1) is 17.2 Å². The summed E-state index contributed by atoms with van der Waals surface area (Å²) in [5.41, 5.74) is 1.01. The third-order valence-corrected chi connectivity index (χ3v) is 2.69. The molecule has 4 heteroatoms. The van der Waals surface area contributed by atoms with Crippen LogP contribution >= 0.6 is 11.6 Å². The van der Waals surface area contributed by atoms with Gasteiger partial charge in [0, 0.05) is 25.2 Å². The molecule has 0 saturated carbocycles. The van der Waals surface area contributed by atoms with Gasteiger partial charge < -0.3 is 4.90 Å². The van der Waals surface area contributed by atoms with E-state index in [4.69, 9.17) is 16.9 Å². The summed E-state index contributed by atoms with van der Waals surface area (Å²) in [4.78, 5) is 6.43. The smallest absolute Gasteiger partial charge is 0.128 e. The number of hydrogen-bond acceptors (Lipinski definition) is 3. The maximum Gasteiger partial charge on any atom is 0.128 e. The van der Waals surface area contributed by atoms with E-state index in [1.807, 2.05) is 19.1 Å². The van der Waals surface area contributed by atoms with Gasteiger partial charge in [-0.2, -0.15) is 5.26 Å². The Morgan fingerprint density at radius 3 is 2.75 bits per heavy atom. The maximum atomic E-state index is 8.79. The summed E-state index contributed by atoms with van der Waals surface area (Å²) in [6, 6.07) is 6.15. The van der Waals surface area contributed by atoms with Crippen LogP contribution in [0.5, 0.6) is 0 Å². The van der Waals surface area contributed by atoms with Crippen molar-refractivity contribution in [1.29, 1.82) is 5.26 Å². The monoisotopic (exact) mass is 237 g/mol. The average molecular weight is 238 g/mol. The molecule has 0 amide bonds. The van der Waals surface area contributed by atoms with E-state index in [2.05, 4.69) is 22.9 Å². The minimum atomic E-state index is 0.00875. The molecule has 1 atom stereocenters. The number of nitrogens with zero attached hydrogens (tertiary/aromatic N) is 3. The first-order valence-corrected chi connectivity index (χ1v) is 5.90. The molecular weight excluding hydrogens is 222 g/mol.